The summed E-state index contributed by atoms with van der Waals surface area (Å²) in [7, 11) is 0. The fourth-order valence-corrected chi connectivity index (χ4v) is 1.68. The Labute approximate surface area is 83.7 Å². The molecule has 0 bridgehead atoms. The molecule has 0 saturated carbocycles. The van der Waals surface area contributed by atoms with Gasteiger partial charge in [-0.3, -0.25) is 0 Å². The van der Waals surface area contributed by atoms with Crippen molar-refractivity contribution < 1.29 is 5.11 Å². The summed E-state index contributed by atoms with van der Waals surface area (Å²) < 4.78 is 1.89. The van der Waals surface area contributed by atoms with E-state index in [4.69, 9.17) is 5.11 Å². The first-order valence-electron chi connectivity index (χ1n) is 4.36. The minimum Gasteiger partial charge on any atom is -0.380 e. The highest BCUT2D eigenvalue weighted by atomic mass is 32.2. The van der Waals surface area contributed by atoms with Crippen molar-refractivity contribution in [3.8, 4) is 0 Å². The molecule has 0 aromatic heterocycles. The van der Waals surface area contributed by atoms with E-state index in [1.54, 1.807) is 11.9 Å². The molecule has 13 heavy (non-hydrogen) atoms. The maximum Gasteiger partial charge on any atom is 0.105 e. The van der Waals surface area contributed by atoms with Crippen LogP contribution in [0.4, 0.5) is 0 Å². The largest absolute Gasteiger partial charge is 0.380 e. The Bertz CT molecular complexity index is 244. The number of aliphatic hydroxyl groups is 1. The van der Waals surface area contributed by atoms with Crippen molar-refractivity contribution in [2.24, 2.45) is 0 Å². The van der Waals surface area contributed by atoms with E-state index in [2.05, 4.69) is 31.2 Å². The van der Waals surface area contributed by atoms with Crippen LogP contribution in [0.2, 0.25) is 0 Å². The van der Waals surface area contributed by atoms with E-state index in [1.165, 1.54) is 10.5 Å². The third kappa shape index (κ3) is 3.38. The maximum atomic E-state index is 8.95. The van der Waals surface area contributed by atoms with E-state index in [0.29, 0.717) is 0 Å². The first kappa shape index (κ1) is 10.6. The molecule has 1 N–H and O–H groups in total. The van der Waals surface area contributed by atoms with Crippen molar-refractivity contribution in [1.29, 1.82) is 0 Å². The number of hydrogen-bond acceptors (Lipinski definition) is 3. The Morgan fingerprint density at radius 1 is 1.31 bits per heavy atom. The van der Waals surface area contributed by atoms with Gasteiger partial charge in [-0.2, -0.15) is 0 Å². The van der Waals surface area contributed by atoms with Crippen molar-refractivity contribution in [3.05, 3.63) is 29.8 Å². The summed E-state index contributed by atoms with van der Waals surface area (Å²) in [6.07, 6.45) is 0. The molecule has 0 aliphatic heterocycles. The van der Waals surface area contributed by atoms with Crippen LogP contribution in [-0.4, -0.2) is 22.7 Å². The highest BCUT2D eigenvalue weighted by Gasteiger charge is 2.01. The molecule has 3 heteroatoms. The quantitative estimate of drug-likeness (QED) is 0.591. The second-order valence-corrected chi connectivity index (χ2v) is 4.01. The number of rotatable bonds is 4. The molecule has 2 nitrogen and oxygen atoms in total. The predicted octanol–water partition coefficient (Wildman–Crippen LogP) is 2.27. The van der Waals surface area contributed by atoms with Gasteiger partial charge in [0, 0.05) is 11.4 Å². The Kier molecular flexibility index (Phi) is 4.28. The fourth-order valence-electron chi connectivity index (χ4n) is 0.942. The lowest BCUT2D eigenvalue weighted by Crippen LogP contribution is -2.15. The standard InChI is InChI=1S/C10H15NOS/c1-3-11(8-12)13-10-6-4-9(2)5-7-10/h4-7,12H,3,8H2,1-2H3. The number of benzene rings is 1. The summed E-state index contributed by atoms with van der Waals surface area (Å²) in [6.45, 7) is 5.03. The van der Waals surface area contributed by atoms with E-state index in [9.17, 15) is 0 Å². The molecule has 0 aliphatic rings. The van der Waals surface area contributed by atoms with Gasteiger partial charge in [0.25, 0.3) is 0 Å². The van der Waals surface area contributed by atoms with Crippen LogP contribution in [0.3, 0.4) is 0 Å². The third-order valence-corrected chi connectivity index (χ3v) is 2.88. The summed E-state index contributed by atoms with van der Waals surface area (Å²) in [5, 5.41) is 8.95. The average molecular weight is 197 g/mol. The zero-order valence-corrected chi connectivity index (χ0v) is 8.84. The molecular weight excluding hydrogens is 182 g/mol. The molecule has 0 aliphatic carbocycles. The fraction of sp³-hybridized carbons (Fsp3) is 0.400. The molecule has 0 fully saturated rings. The van der Waals surface area contributed by atoms with Gasteiger partial charge in [-0.1, -0.05) is 24.6 Å². The molecule has 1 aromatic rings. The predicted molar refractivity (Wildman–Crippen MR) is 56.5 cm³/mol. The van der Waals surface area contributed by atoms with Gasteiger partial charge in [-0.15, -0.1) is 0 Å². The van der Waals surface area contributed by atoms with Crippen molar-refractivity contribution in [3.63, 3.8) is 0 Å². The van der Waals surface area contributed by atoms with Gasteiger partial charge in [0.05, 0.1) is 0 Å². The third-order valence-electron chi connectivity index (χ3n) is 1.77. The van der Waals surface area contributed by atoms with Gasteiger partial charge in [0.1, 0.15) is 6.73 Å². The molecule has 1 rings (SSSR count). The van der Waals surface area contributed by atoms with E-state index in [0.717, 1.165) is 6.54 Å². The van der Waals surface area contributed by atoms with Crippen LogP contribution in [-0.2, 0) is 0 Å². The van der Waals surface area contributed by atoms with Gasteiger partial charge in [0.15, 0.2) is 0 Å². The van der Waals surface area contributed by atoms with Crippen LogP contribution in [0.15, 0.2) is 29.2 Å². The molecule has 0 atom stereocenters. The van der Waals surface area contributed by atoms with Crippen LogP contribution in [0, 0.1) is 6.92 Å². The molecule has 0 heterocycles. The van der Waals surface area contributed by atoms with Gasteiger partial charge in [0.2, 0.25) is 0 Å². The summed E-state index contributed by atoms with van der Waals surface area (Å²) in [6, 6.07) is 8.29. The average Bonchev–Trinajstić information content (AvgIpc) is 2.17. The van der Waals surface area contributed by atoms with Crippen LogP contribution in [0.5, 0.6) is 0 Å². The monoisotopic (exact) mass is 197 g/mol. The van der Waals surface area contributed by atoms with Crippen molar-refractivity contribution in [2.45, 2.75) is 18.7 Å². The van der Waals surface area contributed by atoms with Gasteiger partial charge >= 0.3 is 0 Å². The SMILES string of the molecule is CCN(CO)Sc1ccc(C)cc1. The molecule has 1 aromatic carbocycles. The summed E-state index contributed by atoms with van der Waals surface area (Å²) in [5.41, 5.74) is 1.26. The van der Waals surface area contributed by atoms with Crippen LogP contribution in [0.1, 0.15) is 12.5 Å². The van der Waals surface area contributed by atoms with E-state index in [-0.39, 0.29) is 6.73 Å². The molecule has 0 spiro atoms. The normalized spacial score (nSPS) is 10.8. The number of aliphatic hydroxyl groups excluding tert-OH is 1. The van der Waals surface area contributed by atoms with Gasteiger partial charge < -0.3 is 5.11 Å². The summed E-state index contributed by atoms with van der Waals surface area (Å²) in [4.78, 5) is 1.17. The topological polar surface area (TPSA) is 23.5 Å². The van der Waals surface area contributed by atoms with Gasteiger partial charge in [-0.05, 0) is 31.0 Å². The zero-order valence-electron chi connectivity index (χ0n) is 8.03. The minimum atomic E-state index is 0.0923. The van der Waals surface area contributed by atoms with Crippen molar-refractivity contribution >= 4 is 11.9 Å². The summed E-state index contributed by atoms with van der Waals surface area (Å²) in [5.74, 6) is 0. The van der Waals surface area contributed by atoms with Gasteiger partial charge in [-0.25, -0.2) is 4.31 Å². The minimum absolute atomic E-state index is 0.0923. The van der Waals surface area contributed by atoms with Crippen LogP contribution < -0.4 is 0 Å². The van der Waals surface area contributed by atoms with E-state index >= 15 is 0 Å². The van der Waals surface area contributed by atoms with Crippen LogP contribution >= 0.6 is 11.9 Å². The molecule has 0 amide bonds. The first-order chi connectivity index (χ1) is 6.26. The Morgan fingerprint density at radius 2 is 1.92 bits per heavy atom. The number of aryl methyl sites for hydroxylation is 1. The Morgan fingerprint density at radius 3 is 2.38 bits per heavy atom. The second-order valence-electron chi connectivity index (χ2n) is 2.84. The maximum absolute atomic E-state index is 8.95. The lowest BCUT2D eigenvalue weighted by molar-refractivity contribution is 0.195. The van der Waals surface area contributed by atoms with Crippen molar-refractivity contribution in [1.82, 2.24) is 4.31 Å². The summed E-state index contributed by atoms with van der Waals surface area (Å²) >= 11 is 1.58. The lowest BCUT2D eigenvalue weighted by atomic mass is 10.2. The highest BCUT2D eigenvalue weighted by Crippen LogP contribution is 2.21. The van der Waals surface area contributed by atoms with Crippen molar-refractivity contribution in [2.75, 3.05) is 13.3 Å². The number of hydrogen-bond donors (Lipinski definition) is 1. The Balaban J connectivity index is 2.58. The van der Waals surface area contributed by atoms with E-state index in [1.807, 2.05) is 11.2 Å². The Hall–Kier alpha value is -0.510. The molecule has 72 valence electrons. The van der Waals surface area contributed by atoms with Crippen LogP contribution in [0.25, 0.3) is 0 Å². The number of nitrogens with zero attached hydrogens (tertiary/aromatic N) is 1. The molecule has 0 radical (unpaired) electrons. The molecule has 0 saturated heterocycles. The van der Waals surface area contributed by atoms with E-state index < -0.39 is 0 Å². The molecule has 0 unspecified atom stereocenters. The highest BCUT2D eigenvalue weighted by molar-refractivity contribution is 7.97. The second kappa shape index (κ2) is 5.27. The zero-order chi connectivity index (χ0) is 9.68. The first-order valence-corrected chi connectivity index (χ1v) is 5.14. The lowest BCUT2D eigenvalue weighted by Gasteiger charge is -2.15. The molecular formula is C10H15NOS. The smallest absolute Gasteiger partial charge is 0.105 e.